The summed E-state index contributed by atoms with van der Waals surface area (Å²) in [5.41, 5.74) is 10.3. The van der Waals surface area contributed by atoms with Crippen LogP contribution in [0.4, 0.5) is 5.69 Å². The highest BCUT2D eigenvalue weighted by atomic mass is 32.2. The molecule has 21 heteroatoms. The molecule has 2 aliphatic rings. The zero-order valence-electron chi connectivity index (χ0n) is 31.1. The zero-order chi connectivity index (χ0) is 41.3. The molecule has 1 heterocycles. The number of carboxylic acids is 1. The second-order valence-corrected chi connectivity index (χ2v) is 15.0. The lowest BCUT2D eigenvalue weighted by Gasteiger charge is -2.20. The maximum absolute atomic E-state index is 13.7. The Hall–Kier alpha value is -4.10. The topological polar surface area (TPSA) is 291 Å². The lowest BCUT2D eigenvalue weighted by molar-refractivity contribution is -0.0200. The van der Waals surface area contributed by atoms with Crippen molar-refractivity contribution in [3.8, 4) is 22.5 Å². The number of carbonyl (C=O) groups is 1. The van der Waals surface area contributed by atoms with Crippen LogP contribution < -0.4 is 21.5 Å². The quantitative estimate of drug-likeness (QED) is 0.0205. The Kier molecular flexibility index (Phi) is 18.2. The molecule has 8 N–H and O–H groups in total. The van der Waals surface area contributed by atoms with E-state index in [9.17, 15) is 31.3 Å². The number of anilines is 1. The highest BCUT2D eigenvalue weighted by Gasteiger charge is 2.32. The number of benzene rings is 3. The molecule has 2 aromatic rings. The first kappa shape index (κ1) is 45.6. The number of hydrogen-bond acceptors (Lipinski definition) is 16. The molecule has 314 valence electrons. The molecule has 4 rings (SSSR count). The van der Waals surface area contributed by atoms with Gasteiger partial charge in [-0.2, -0.15) is 8.42 Å². The molecule has 0 fully saturated rings. The predicted octanol–water partition coefficient (Wildman–Crippen LogP) is 1.56. The fraction of sp³-hybridized carbons (Fsp3) is 0.444. The van der Waals surface area contributed by atoms with Crippen molar-refractivity contribution >= 4 is 42.8 Å². The average molecular weight is 841 g/mol. The molecule has 0 bridgehead atoms. The number of aromatic carboxylic acids is 1. The Morgan fingerprint density at radius 1 is 0.684 bits per heavy atom. The van der Waals surface area contributed by atoms with Crippen molar-refractivity contribution in [2.75, 3.05) is 111 Å². The summed E-state index contributed by atoms with van der Waals surface area (Å²) in [6.45, 7) is 5.20. The highest BCUT2D eigenvalue weighted by Crippen LogP contribution is 2.45. The van der Waals surface area contributed by atoms with Gasteiger partial charge >= 0.3 is 5.97 Å². The van der Waals surface area contributed by atoms with Gasteiger partial charge in [0.25, 0.3) is 10.1 Å². The van der Waals surface area contributed by atoms with Gasteiger partial charge in [0.15, 0.2) is 21.1 Å². The SMILES string of the molecule is N=c1ccc2c(-c3ccccc3C(=O)O)c3ccc(N)c(S(=O)(=O)O)c3oc-2c1S(=O)(=O)NCCOCCOCCOCCOCCOCCOCCOCCN. The van der Waals surface area contributed by atoms with Gasteiger partial charge in [0.1, 0.15) is 0 Å². The summed E-state index contributed by atoms with van der Waals surface area (Å²) in [7, 11) is -9.60. The Morgan fingerprint density at radius 2 is 1.19 bits per heavy atom. The van der Waals surface area contributed by atoms with E-state index in [2.05, 4.69) is 4.72 Å². The first-order valence-corrected chi connectivity index (χ1v) is 20.7. The van der Waals surface area contributed by atoms with Crippen LogP contribution in [0.1, 0.15) is 10.4 Å². The molecule has 0 radical (unpaired) electrons. The molecule has 0 spiro atoms. The van der Waals surface area contributed by atoms with E-state index in [0.717, 1.165) is 0 Å². The van der Waals surface area contributed by atoms with E-state index < -0.39 is 58.3 Å². The highest BCUT2D eigenvalue weighted by molar-refractivity contribution is 7.89. The van der Waals surface area contributed by atoms with Crippen LogP contribution in [0.3, 0.4) is 0 Å². The van der Waals surface area contributed by atoms with E-state index in [0.29, 0.717) is 79.2 Å². The number of sulfonamides is 1. The van der Waals surface area contributed by atoms with Crippen molar-refractivity contribution in [1.82, 2.24) is 4.72 Å². The molecule has 0 saturated carbocycles. The number of nitrogens with two attached hydrogens (primary N) is 2. The third-order valence-electron chi connectivity index (χ3n) is 7.98. The van der Waals surface area contributed by atoms with Gasteiger partial charge in [-0.05, 0) is 35.9 Å². The van der Waals surface area contributed by atoms with Crippen LogP contribution >= 0.6 is 0 Å². The van der Waals surface area contributed by atoms with Gasteiger partial charge in [0.05, 0.1) is 109 Å². The third kappa shape index (κ3) is 13.2. The second kappa shape index (κ2) is 22.7. The largest absolute Gasteiger partial charge is 0.478 e. The Labute approximate surface area is 329 Å². The maximum atomic E-state index is 13.7. The van der Waals surface area contributed by atoms with E-state index in [4.69, 9.17) is 54.5 Å². The van der Waals surface area contributed by atoms with Crippen LogP contribution in [0.15, 0.2) is 62.7 Å². The van der Waals surface area contributed by atoms with Crippen LogP contribution in [-0.4, -0.2) is 138 Å². The van der Waals surface area contributed by atoms with Crippen LogP contribution in [0.2, 0.25) is 0 Å². The first-order valence-electron chi connectivity index (χ1n) is 17.8. The Balaban J connectivity index is 1.26. The van der Waals surface area contributed by atoms with Gasteiger partial charge in [0.2, 0.25) is 10.0 Å². The van der Waals surface area contributed by atoms with Gasteiger partial charge in [0, 0.05) is 29.6 Å². The van der Waals surface area contributed by atoms with E-state index >= 15 is 0 Å². The van der Waals surface area contributed by atoms with E-state index in [-0.39, 0.29) is 54.0 Å². The minimum absolute atomic E-state index is 0.0140. The summed E-state index contributed by atoms with van der Waals surface area (Å²) in [6.07, 6.45) is 0. The molecule has 0 atom stereocenters. The van der Waals surface area contributed by atoms with Crippen molar-refractivity contribution < 1.29 is 68.9 Å². The van der Waals surface area contributed by atoms with Gasteiger partial charge in [-0.25, -0.2) is 17.9 Å². The second-order valence-electron chi connectivity index (χ2n) is 12.0. The van der Waals surface area contributed by atoms with Crippen LogP contribution in [-0.2, 0) is 53.3 Å². The van der Waals surface area contributed by atoms with Crippen molar-refractivity contribution in [2.45, 2.75) is 9.79 Å². The van der Waals surface area contributed by atoms with Crippen molar-refractivity contribution in [3.63, 3.8) is 0 Å². The Bertz CT molecular complexity index is 2160. The summed E-state index contributed by atoms with van der Waals surface area (Å²) < 4.78 is 109. The summed E-state index contributed by atoms with van der Waals surface area (Å²) >= 11 is 0. The molecule has 0 saturated heterocycles. The lowest BCUT2D eigenvalue weighted by Crippen LogP contribution is -2.32. The molecule has 19 nitrogen and oxygen atoms in total. The van der Waals surface area contributed by atoms with Crippen molar-refractivity contribution in [3.05, 3.63) is 59.5 Å². The minimum atomic E-state index is -5.05. The van der Waals surface area contributed by atoms with Gasteiger partial charge in [-0.1, -0.05) is 18.2 Å². The number of carboxylic acid groups (broad SMARTS) is 1. The van der Waals surface area contributed by atoms with E-state index in [1.165, 1.54) is 42.5 Å². The van der Waals surface area contributed by atoms with Crippen LogP contribution in [0.5, 0.6) is 0 Å². The predicted molar refractivity (Wildman–Crippen MR) is 205 cm³/mol. The number of nitrogens with one attached hydrogen (secondary N) is 2. The molecule has 1 aliphatic heterocycles. The Morgan fingerprint density at radius 3 is 1.70 bits per heavy atom. The number of rotatable bonds is 28. The average Bonchev–Trinajstić information content (AvgIpc) is 3.16. The number of ether oxygens (including phenoxy) is 7. The van der Waals surface area contributed by atoms with Crippen LogP contribution in [0, 0.1) is 5.41 Å². The normalized spacial score (nSPS) is 12.2. The lowest BCUT2D eigenvalue weighted by atomic mass is 9.90. The van der Waals surface area contributed by atoms with Crippen LogP contribution in [0.25, 0.3) is 33.4 Å². The molecule has 2 aromatic carbocycles. The van der Waals surface area contributed by atoms with Gasteiger partial charge < -0.3 is 54.1 Å². The molecule has 0 unspecified atom stereocenters. The van der Waals surface area contributed by atoms with Crippen molar-refractivity contribution in [1.29, 1.82) is 5.41 Å². The molecular formula is C36H48N4O15S2. The smallest absolute Gasteiger partial charge is 0.336 e. The van der Waals surface area contributed by atoms with Crippen molar-refractivity contribution in [2.24, 2.45) is 5.73 Å². The number of fused-ring (bicyclic) bond motifs is 2. The fourth-order valence-corrected chi connectivity index (χ4v) is 7.52. The molecular weight excluding hydrogens is 793 g/mol. The molecule has 0 aromatic heterocycles. The fourth-order valence-electron chi connectivity index (χ4n) is 5.52. The summed E-state index contributed by atoms with van der Waals surface area (Å²) in [5, 5.41) is 18.0. The van der Waals surface area contributed by atoms with Gasteiger partial charge in [-0.15, -0.1) is 0 Å². The van der Waals surface area contributed by atoms with E-state index in [1.807, 2.05) is 0 Å². The summed E-state index contributed by atoms with van der Waals surface area (Å²) in [6, 6.07) is 10.9. The summed E-state index contributed by atoms with van der Waals surface area (Å²) in [4.78, 5) is 10.7. The zero-order valence-corrected chi connectivity index (χ0v) is 32.7. The number of hydrogen-bond donors (Lipinski definition) is 6. The molecule has 0 amide bonds. The monoisotopic (exact) mass is 840 g/mol. The molecule has 1 aliphatic carbocycles. The maximum Gasteiger partial charge on any atom is 0.336 e. The molecule has 57 heavy (non-hydrogen) atoms. The standard InChI is InChI=1S/C36H48N4O15S2/c37-9-11-48-13-15-50-17-19-52-21-23-54-24-22-53-20-18-51-16-14-49-12-10-40-56(43,44)34-29(38)7-5-27-31(25-3-1-2-4-26(25)36(41)42)28-6-8-30(39)35(57(45,46)47)33(28)55-32(27)34/h1-8,38,40H,9-24,37,39H2,(H,41,42)(H,45,46,47). The number of nitrogen functional groups attached to an aromatic ring is 1. The summed E-state index contributed by atoms with van der Waals surface area (Å²) in [5.74, 6) is -1.79. The third-order valence-corrected chi connectivity index (χ3v) is 10.4. The van der Waals surface area contributed by atoms with E-state index in [1.54, 1.807) is 6.07 Å². The minimum Gasteiger partial charge on any atom is -0.478 e. The first-order chi connectivity index (χ1) is 27.4. The van der Waals surface area contributed by atoms with Gasteiger partial charge in [-0.3, -0.25) is 9.96 Å².